The Hall–Kier alpha value is 0.619. The predicted octanol–water partition coefficient (Wildman–Crippen LogP) is -4.07. The van der Waals surface area contributed by atoms with Gasteiger partial charge in [-0.2, -0.15) is 7.82 Å². The summed E-state index contributed by atoms with van der Waals surface area (Å²) in [5.41, 5.74) is 0. The van der Waals surface area contributed by atoms with E-state index in [1.165, 1.54) is 0 Å². The van der Waals surface area contributed by atoms with Crippen molar-refractivity contribution in [2.24, 2.45) is 0 Å². The summed E-state index contributed by atoms with van der Waals surface area (Å²) in [4.78, 5) is 34.5. The van der Waals surface area contributed by atoms with E-state index in [0.717, 1.165) is 6.92 Å². The van der Waals surface area contributed by atoms with Crippen LogP contribution >= 0.6 is 7.82 Å². The number of rotatable bonds is 0. The van der Waals surface area contributed by atoms with E-state index in [1.54, 1.807) is 0 Å². The van der Waals surface area contributed by atoms with Crippen LogP contribution in [0.25, 0.3) is 0 Å². The van der Waals surface area contributed by atoms with E-state index >= 15 is 0 Å². The second-order valence-corrected chi connectivity index (χ2v) is 1.83. The van der Waals surface area contributed by atoms with Crippen molar-refractivity contribution >= 4 is 13.8 Å². The Morgan fingerprint density at radius 1 is 1.18 bits per heavy atom. The summed E-state index contributed by atoms with van der Waals surface area (Å²) >= 11 is 0. The van der Waals surface area contributed by atoms with Gasteiger partial charge in [0, 0.05) is 5.97 Å². The van der Waals surface area contributed by atoms with E-state index in [1.807, 2.05) is 0 Å². The zero-order valence-corrected chi connectivity index (χ0v) is 7.78. The molecule has 0 unspecified atom stereocenters. The summed E-state index contributed by atoms with van der Waals surface area (Å²) in [6.45, 7) is 0.972. The van der Waals surface area contributed by atoms with Gasteiger partial charge in [-0.05, 0) is 6.92 Å². The van der Waals surface area contributed by atoms with Crippen LogP contribution in [0.3, 0.4) is 0 Å². The van der Waals surface area contributed by atoms with Crippen LogP contribution in [0.5, 0.6) is 0 Å². The molecule has 6 nitrogen and oxygen atoms in total. The van der Waals surface area contributed by atoms with E-state index in [4.69, 9.17) is 29.1 Å². The molecule has 74 valence electrons. The molecule has 0 aromatic carbocycles. The molecule has 0 aliphatic heterocycles. The Labute approximate surface area is 84.2 Å². The van der Waals surface area contributed by atoms with Gasteiger partial charge in [0.15, 0.2) is 0 Å². The number of carbonyl (C=O) groups is 1. The third kappa shape index (κ3) is 2060. The number of carboxylic acid groups (broad SMARTS) is 1. The first-order valence-electron chi connectivity index (χ1n) is 1.64. The molecule has 0 aliphatic carbocycles. The van der Waals surface area contributed by atoms with E-state index < -0.39 is 13.8 Å². The zero-order chi connectivity index (χ0) is 8.08. The maximum atomic E-state index is 8.89. The largest absolute Gasteiger partial charge is 2.00 e. The number of carbonyl (C=O) groups excluding carboxylic acids is 1. The van der Waals surface area contributed by atoms with Gasteiger partial charge >= 0.3 is 34.1 Å². The van der Waals surface area contributed by atoms with Crippen molar-refractivity contribution < 1.29 is 63.3 Å². The molecule has 0 heterocycles. The minimum absolute atomic E-state index is 0. The van der Waals surface area contributed by atoms with E-state index in [9.17, 15) is 0 Å². The quantitative estimate of drug-likeness (QED) is 0.328. The number of aliphatic carboxylic acids is 1. The normalized spacial score (nSPS) is 7.64. The molecule has 11 heavy (non-hydrogen) atoms. The summed E-state index contributed by atoms with van der Waals surface area (Å²) in [6.07, 6.45) is 0. The topological polar surface area (TPSA) is 126 Å². The van der Waals surface area contributed by atoms with Crippen molar-refractivity contribution in [1.82, 2.24) is 0 Å². The fourth-order valence-corrected chi connectivity index (χ4v) is 0. The SMILES string of the molecule is CC(=O)[O-].O=P([O-])([O-])[O-].[Cu+2].[Cu+2]. The molecule has 0 amide bonds. The van der Waals surface area contributed by atoms with E-state index in [-0.39, 0.29) is 34.1 Å². The Morgan fingerprint density at radius 3 is 1.18 bits per heavy atom. The van der Waals surface area contributed by atoms with Crippen LogP contribution < -0.4 is 19.8 Å². The van der Waals surface area contributed by atoms with Crippen LogP contribution in [0.4, 0.5) is 0 Å². The Bertz CT molecular complexity index is 118. The zero-order valence-electron chi connectivity index (χ0n) is 5.00. The van der Waals surface area contributed by atoms with Gasteiger partial charge in [0.1, 0.15) is 0 Å². The third-order valence-corrected chi connectivity index (χ3v) is 0. The van der Waals surface area contributed by atoms with E-state index in [2.05, 4.69) is 0 Å². The van der Waals surface area contributed by atoms with Crippen molar-refractivity contribution in [3.8, 4) is 0 Å². The molecular weight excluding hydrogens is 278 g/mol. The first-order valence-corrected chi connectivity index (χ1v) is 3.10. The molecule has 0 rings (SSSR count). The average molecular weight is 281 g/mol. The number of carboxylic acids is 1. The molecule has 0 bridgehead atoms. The Kier molecular flexibility index (Phi) is 21.8. The molecule has 9 heteroatoms. The Morgan fingerprint density at radius 2 is 1.18 bits per heavy atom. The first-order chi connectivity index (χ1) is 3.73. The second-order valence-electron chi connectivity index (χ2n) is 0.939. The minimum atomic E-state index is -5.39. The maximum absolute atomic E-state index is 8.89. The number of phosphoric acid groups is 1. The van der Waals surface area contributed by atoms with Crippen LogP contribution in [0.2, 0.25) is 0 Å². The summed E-state index contributed by atoms with van der Waals surface area (Å²) in [7, 11) is -5.39. The molecule has 0 atom stereocenters. The van der Waals surface area contributed by atoms with Crippen LogP contribution in [-0.4, -0.2) is 5.97 Å². The smallest absolute Gasteiger partial charge is 0.822 e. The van der Waals surface area contributed by atoms with Gasteiger partial charge in [-0.15, -0.1) is 0 Å². The van der Waals surface area contributed by atoms with Crippen molar-refractivity contribution in [1.29, 1.82) is 0 Å². The molecule has 0 aliphatic rings. The van der Waals surface area contributed by atoms with Gasteiger partial charge in [-0.25, -0.2) is 0 Å². The molecule has 0 saturated carbocycles. The summed E-state index contributed by atoms with van der Waals surface area (Å²) < 4.78 is 8.55. The monoisotopic (exact) mass is 280 g/mol. The third-order valence-electron chi connectivity index (χ3n) is 0. The molecule has 2 radical (unpaired) electrons. The van der Waals surface area contributed by atoms with Crippen molar-refractivity contribution in [2.45, 2.75) is 6.92 Å². The maximum Gasteiger partial charge on any atom is 2.00 e. The summed E-state index contributed by atoms with van der Waals surface area (Å²) in [5.74, 6) is -1.08. The van der Waals surface area contributed by atoms with Crippen LogP contribution in [0.15, 0.2) is 0 Å². The van der Waals surface area contributed by atoms with Crippen molar-refractivity contribution in [3.63, 3.8) is 0 Å². The van der Waals surface area contributed by atoms with E-state index in [0.29, 0.717) is 0 Å². The van der Waals surface area contributed by atoms with Crippen LogP contribution in [0.1, 0.15) is 6.92 Å². The molecule has 0 aromatic heterocycles. The fraction of sp³-hybridized carbons (Fsp3) is 0.500. The molecule has 0 saturated heterocycles. The second kappa shape index (κ2) is 10.6. The van der Waals surface area contributed by atoms with Gasteiger partial charge in [-0.3, -0.25) is 0 Å². The van der Waals surface area contributed by atoms with Gasteiger partial charge < -0.3 is 29.1 Å². The van der Waals surface area contributed by atoms with Gasteiger partial charge in [0.25, 0.3) is 0 Å². The predicted molar refractivity (Wildman–Crippen MR) is 18.3 cm³/mol. The van der Waals surface area contributed by atoms with Crippen LogP contribution in [0, 0.1) is 0 Å². The number of hydrogen-bond donors (Lipinski definition) is 0. The molecular formula is C2H3Cu2O6P. The summed E-state index contributed by atoms with van der Waals surface area (Å²) in [6, 6.07) is 0. The molecule has 0 spiro atoms. The average Bonchev–Trinajstić information content (AvgIpc) is 1.19. The van der Waals surface area contributed by atoms with Crippen LogP contribution in [-0.2, 0) is 43.5 Å². The fourth-order valence-electron chi connectivity index (χ4n) is 0. The van der Waals surface area contributed by atoms with Gasteiger partial charge in [0.2, 0.25) is 0 Å². The molecule has 0 aromatic rings. The Balaban J connectivity index is -0.0000000383. The first kappa shape index (κ1) is 22.6. The standard InChI is InChI=1S/C2H4O2.2Cu.H3O4P/c1-2(3)4;;;1-5(2,3)4/h1H3,(H,3,4);;;(H3,1,2,3,4)/q;2*+2;/p-4. The van der Waals surface area contributed by atoms with Crippen molar-refractivity contribution in [3.05, 3.63) is 0 Å². The minimum Gasteiger partial charge on any atom is -0.822 e. The van der Waals surface area contributed by atoms with Crippen molar-refractivity contribution in [2.75, 3.05) is 0 Å². The molecule has 0 fully saturated rings. The summed E-state index contributed by atoms with van der Waals surface area (Å²) in [5, 5.41) is 8.89. The van der Waals surface area contributed by atoms with Gasteiger partial charge in [0.05, 0.1) is 0 Å². The molecule has 0 N–H and O–H groups in total. The number of hydrogen-bond acceptors (Lipinski definition) is 6. The van der Waals surface area contributed by atoms with Gasteiger partial charge in [-0.1, -0.05) is 0 Å².